The zero-order valence-electron chi connectivity index (χ0n) is 11.4. The van der Waals surface area contributed by atoms with Crippen molar-refractivity contribution in [1.82, 2.24) is 4.90 Å². The lowest BCUT2D eigenvalue weighted by Crippen LogP contribution is -2.46. The second kappa shape index (κ2) is 6.34. The van der Waals surface area contributed by atoms with E-state index in [0.29, 0.717) is 18.7 Å². The molecule has 2 rings (SSSR count). The average molecular weight is 302 g/mol. The molecule has 0 saturated carbocycles. The number of alkyl halides is 3. The molecule has 2 N–H and O–H groups in total. The highest BCUT2D eigenvalue weighted by Gasteiger charge is 2.31. The van der Waals surface area contributed by atoms with Crippen molar-refractivity contribution in [2.45, 2.75) is 31.7 Å². The van der Waals surface area contributed by atoms with Gasteiger partial charge >= 0.3 is 6.36 Å². The molecule has 0 bridgehead atoms. The summed E-state index contributed by atoms with van der Waals surface area (Å²) in [5.74, 6) is -0.353. The SMILES string of the molecule is N[C@H]1CCCN(C(=O)Cc2ccc(OC(F)(F)F)cc2)C1. The number of benzene rings is 1. The maximum atomic E-state index is 12.1. The van der Waals surface area contributed by atoms with Crippen LogP contribution < -0.4 is 10.5 Å². The van der Waals surface area contributed by atoms with Gasteiger partial charge in [-0.1, -0.05) is 12.1 Å². The Bertz CT molecular complexity index is 488. The van der Waals surface area contributed by atoms with Gasteiger partial charge in [0.15, 0.2) is 0 Å². The van der Waals surface area contributed by atoms with E-state index in [-0.39, 0.29) is 24.1 Å². The van der Waals surface area contributed by atoms with E-state index in [1.54, 1.807) is 4.90 Å². The summed E-state index contributed by atoms with van der Waals surface area (Å²) < 4.78 is 39.9. The molecule has 1 aliphatic rings. The summed E-state index contributed by atoms with van der Waals surface area (Å²) in [7, 11) is 0. The van der Waals surface area contributed by atoms with E-state index in [0.717, 1.165) is 12.8 Å². The second-order valence-corrected chi connectivity index (χ2v) is 5.11. The summed E-state index contributed by atoms with van der Waals surface area (Å²) in [5, 5.41) is 0. The van der Waals surface area contributed by atoms with E-state index in [9.17, 15) is 18.0 Å². The minimum absolute atomic E-state index is 0.00487. The Labute approximate surface area is 120 Å². The number of piperidine rings is 1. The second-order valence-electron chi connectivity index (χ2n) is 5.11. The van der Waals surface area contributed by atoms with Crippen LogP contribution in [0, 0.1) is 0 Å². The van der Waals surface area contributed by atoms with E-state index in [4.69, 9.17) is 5.73 Å². The number of nitrogens with two attached hydrogens (primary N) is 1. The van der Waals surface area contributed by atoms with Gasteiger partial charge in [-0.25, -0.2) is 0 Å². The van der Waals surface area contributed by atoms with Crippen molar-refractivity contribution in [3.8, 4) is 5.75 Å². The highest BCUT2D eigenvalue weighted by molar-refractivity contribution is 5.79. The van der Waals surface area contributed by atoms with Crippen LogP contribution in [0.4, 0.5) is 13.2 Å². The van der Waals surface area contributed by atoms with E-state index in [2.05, 4.69) is 4.74 Å². The molecule has 1 aliphatic heterocycles. The third-order valence-electron chi connectivity index (χ3n) is 3.32. The average Bonchev–Trinajstić information content (AvgIpc) is 2.39. The first-order valence-corrected chi connectivity index (χ1v) is 6.71. The van der Waals surface area contributed by atoms with Crippen molar-refractivity contribution in [2.75, 3.05) is 13.1 Å². The number of hydrogen-bond donors (Lipinski definition) is 1. The van der Waals surface area contributed by atoms with Crippen LogP contribution in [0.5, 0.6) is 5.75 Å². The molecule has 1 aromatic carbocycles. The number of rotatable bonds is 3. The van der Waals surface area contributed by atoms with Gasteiger partial charge in [0.05, 0.1) is 6.42 Å². The van der Waals surface area contributed by atoms with Crippen LogP contribution in [0.15, 0.2) is 24.3 Å². The lowest BCUT2D eigenvalue weighted by molar-refractivity contribution is -0.274. The predicted octanol–water partition coefficient (Wildman–Crippen LogP) is 2.08. The summed E-state index contributed by atoms with van der Waals surface area (Å²) in [6, 6.07) is 5.34. The minimum atomic E-state index is -4.71. The molecule has 0 unspecified atom stereocenters. The highest BCUT2D eigenvalue weighted by atomic mass is 19.4. The summed E-state index contributed by atoms with van der Waals surface area (Å²) in [4.78, 5) is 13.8. The van der Waals surface area contributed by atoms with Gasteiger partial charge in [-0.15, -0.1) is 13.2 Å². The Morgan fingerprint density at radius 2 is 2.00 bits per heavy atom. The fourth-order valence-electron chi connectivity index (χ4n) is 2.33. The number of ether oxygens (including phenoxy) is 1. The predicted molar refractivity (Wildman–Crippen MR) is 70.6 cm³/mol. The van der Waals surface area contributed by atoms with E-state index in [1.165, 1.54) is 24.3 Å². The van der Waals surface area contributed by atoms with Crippen LogP contribution in [0.1, 0.15) is 18.4 Å². The lowest BCUT2D eigenvalue weighted by Gasteiger charge is -2.30. The van der Waals surface area contributed by atoms with E-state index < -0.39 is 6.36 Å². The first kappa shape index (κ1) is 15.6. The van der Waals surface area contributed by atoms with Crippen molar-refractivity contribution < 1.29 is 22.7 Å². The lowest BCUT2D eigenvalue weighted by atomic mass is 10.1. The van der Waals surface area contributed by atoms with Gasteiger partial charge in [-0.05, 0) is 30.5 Å². The van der Waals surface area contributed by atoms with Crippen molar-refractivity contribution in [2.24, 2.45) is 5.73 Å². The fraction of sp³-hybridized carbons (Fsp3) is 0.500. The van der Waals surface area contributed by atoms with Gasteiger partial charge in [0.1, 0.15) is 5.75 Å². The topological polar surface area (TPSA) is 55.6 Å². The largest absolute Gasteiger partial charge is 0.573 e. The highest BCUT2D eigenvalue weighted by Crippen LogP contribution is 2.23. The molecule has 21 heavy (non-hydrogen) atoms. The molecule has 4 nitrogen and oxygen atoms in total. The zero-order chi connectivity index (χ0) is 15.5. The van der Waals surface area contributed by atoms with Crippen molar-refractivity contribution in [1.29, 1.82) is 0 Å². The van der Waals surface area contributed by atoms with Crippen molar-refractivity contribution in [3.05, 3.63) is 29.8 Å². The third kappa shape index (κ3) is 4.93. The summed E-state index contributed by atoms with van der Waals surface area (Å²) in [6.45, 7) is 1.22. The molecular formula is C14H17F3N2O2. The Hall–Kier alpha value is -1.76. The fourth-order valence-corrected chi connectivity index (χ4v) is 2.33. The zero-order valence-corrected chi connectivity index (χ0v) is 11.4. The molecule has 1 aromatic rings. The molecule has 0 spiro atoms. The Morgan fingerprint density at radius 3 is 2.57 bits per heavy atom. The van der Waals surface area contributed by atoms with Gasteiger partial charge in [-0.3, -0.25) is 4.79 Å². The van der Waals surface area contributed by atoms with Crippen LogP contribution in [0.3, 0.4) is 0 Å². The van der Waals surface area contributed by atoms with Crippen molar-refractivity contribution in [3.63, 3.8) is 0 Å². The quantitative estimate of drug-likeness (QED) is 0.930. The van der Waals surface area contributed by atoms with Crippen LogP contribution in [-0.4, -0.2) is 36.3 Å². The first-order valence-electron chi connectivity index (χ1n) is 6.71. The number of carbonyl (C=O) groups excluding carboxylic acids is 1. The number of amides is 1. The Morgan fingerprint density at radius 1 is 1.33 bits per heavy atom. The van der Waals surface area contributed by atoms with Crippen LogP contribution in [0.2, 0.25) is 0 Å². The molecule has 0 radical (unpaired) electrons. The molecule has 116 valence electrons. The normalized spacial score (nSPS) is 19.4. The molecular weight excluding hydrogens is 285 g/mol. The number of carbonyl (C=O) groups is 1. The van der Waals surface area contributed by atoms with E-state index >= 15 is 0 Å². The van der Waals surface area contributed by atoms with Gasteiger partial charge in [0.2, 0.25) is 5.91 Å². The monoisotopic (exact) mass is 302 g/mol. The number of halogens is 3. The minimum Gasteiger partial charge on any atom is -0.406 e. The van der Waals surface area contributed by atoms with E-state index in [1.807, 2.05) is 0 Å². The molecule has 1 amide bonds. The Balaban J connectivity index is 1.92. The van der Waals surface area contributed by atoms with Gasteiger partial charge in [-0.2, -0.15) is 0 Å². The Kier molecular flexibility index (Phi) is 4.72. The maximum absolute atomic E-state index is 12.1. The van der Waals surface area contributed by atoms with Gasteiger partial charge < -0.3 is 15.4 Å². The number of nitrogens with zero attached hydrogens (tertiary/aromatic N) is 1. The maximum Gasteiger partial charge on any atom is 0.573 e. The van der Waals surface area contributed by atoms with Crippen molar-refractivity contribution >= 4 is 5.91 Å². The molecule has 1 saturated heterocycles. The standard InChI is InChI=1S/C14H17F3N2O2/c15-14(16,17)21-12-5-3-10(4-6-12)8-13(20)19-7-1-2-11(18)9-19/h3-6,11H,1-2,7-9,18H2/t11-/m0/s1. The molecule has 1 heterocycles. The summed E-state index contributed by atoms with van der Waals surface area (Å²) in [5.41, 5.74) is 6.46. The van der Waals surface area contributed by atoms with Crippen LogP contribution >= 0.6 is 0 Å². The van der Waals surface area contributed by atoms with Crippen LogP contribution in [-0.2, 0) is 11.2 Å². The smallest absolute Gasteiger partial charge is 0.406 e. The summed E-state index contributed by atoms with van der Waals surface area (Å²) >= 11 is 0. The third-order valence-corrected chi connectivity index (χ3v) is 3.32. The molecule has 1 fully saturated rings. The number of hydrogen-bond acceptors (Lipinski definition) is 3. The molecule has 7 heteroatoms. The van der Waals surface area contributed by atoms with Gasteiger partial charge in [0, 0.05) is 19.1 Å². The molecule has 0 aliphatic carbocycles. The first-order chi connectivity index (χ1) is 9.83. The number of likely N-dealkylation sites (tertiary alicyclic amines) is 1. The van der Waals surface area contributed by atoms with Gasteiger partial charge in [0.25, 0.3) is 0 Å². The summed E-state index contributed by atoms with van der Waals surface area (Å²) in [6.07, 6.45) is -2.77. The van der Waals surface area contributed by atoms with Crippen LogP contribution in [0.25, 0.3) is 0 Å². The molecule has 0 aromatic heterocycles. The molecule has 1 atom stereocenters.